The highest BCUT2D eigenvalue weighted by atomic mass is 16.5. The molecule has 2 aliphatic heterocycles. The molecule has 0 bridgehead atoms. The fraction of sp³-hybridized carbons (Fsp3) is 0.0833. The summed E-state index contributed by atoms with van der Waals surface area (Å²) in [4.78, 5) is 4.69. The van der Waals surface area contributed by atoms with Gasteiger partial charge >= 0.3 is 0 Å². The van der Waals surface area contributed by atoms with Gasteiger partial charge in [0.05, 0.1) is 11.4 Å². The van der Waals surface area contributed by atoms with E-state index in [-0.39, 0.29) is 17.5 Å². The number of hydrogen-bond acceptors (Lipinski definition) is 6. The van der Waals surface area contributed by atoms with E-state index in [0.717, 1.165) is 117 Å². The van der Waals surface area contributed by atoms with Crippen LogP contribution in [0.2, 0.25) is 0 Å². The van der Waals surface area contributed by atoms with E-state index >= 15 is 0 Å². The van der Waals surface area contributed by atoms with Crippen LogP contribution < -0.4 is 35.7 Å². The molecule has 0 saturated heterocycles. The van der Waals surface area contributed by atoms with E-state index in [2.05, 4.69) is 250 Å². The molecule has 4 aliphatic rings. The molecule has 0 atom stereocenters. The lowest BCUT2D eigenvalue weighted by atomic mass is 9.34. The van der Waals surface area contributed by atoms with Crippen LogP contribution >= 0.6 is 0 Å². The summed E-state index contributed by atoms with van der Waals surface area (Å²) < 4.78 is 27.4. The van der Waals surface area contributed by atoms with Crippen LogP contribution in [0.4, 0.5) is 34.1 Å². The predicted octanol–water partition coefficient (Wildman–Crippen LogP) is 17.8. The molecule has 0 amide bonds. The summed E-state index contributed by atoms with van der Waals surface area (Å²) >= 11 is 0. The van der Waals surface area contributed by atoms with E-state index in [0.29, 0.717) is 0 Å². The Balaban J connectivity index is 0.780. The van der Waals surface area contributed by atoms with Gasteiger partial charge in [-0.05, 0) is 152 Å². The molecular weight excluding hydrogens is 968 g/mol. The third kappa shape index (κ3) is 6.18. The topological polar surface area (TPSA) is 51.2 Å². The molecule has 0 N–H and O–H groups in total. The molecule has 17 rings (SSSR count). The molecule has 0 saturated carbocycles. The van der Waals surface area contributed by atoms with Gasteiger partial charge in [-0.15, -0.1) is 0 Å². The molecule has 0 unspecified atom stereocenters. The number of anilines is 6. The zero-order valence-corrected chi connectivity index (χ0v) is 44.0. The Hall–Kier alpha value is -9.72. The van der Waals surface area contributed by atoms with E-state index < -0.39 is 0 Å². The second-order valence-electron chi connectivity index (χ2n) is 22.7. The molecule has 2 aromatic heterocycles. The Bertz CT molecular complexity index is 4470. The van der Waals surface area contributed by atoms with Crippen LogP contribution in [-0.2, 0) is 10.8 Å². The van der Waals surface area contributed by atoms with E-state index in [9.17, 15) is 0 Å². The first kappa shape index (κ1) is 44.4. The van der Waals surface area contributed by atoms with Crippen LogP contribution in [0.15, 0.2) is 233 Å². The standard InChI is InChI=1S/C72H49BN2O4/c1-71(2)54-36-44(74(42-18-7-5-8-19-42)60-26-15-24-50-48-22-11-13-28-62(48)78-69(50)60)32-34-46(54)52-38-66-58(40-56(52)71)73-59-41-57-53(39-67(59)77-65-31-17-30-64(76-66)68(65)73)47-35-33-45(37-55(47)72(57,3)4)75(43-20-9-6-10-21-43)61-27-16-25-51-49-23-12-14-29-63(49)79-70(51)61/h5-41H,1-4H3. The number of para-hydroxylation sites is 6. The van der Waals surface area contributed by atoms with Gasteiger partial charge in [0, 0.05) is 60.6 Å². The number of nitrogens with zero attached hydrogens (tertiary/aromatic N) is 2. The monoisotopic (exact) mass is 1020 g/mol. The van der Waals surface area contributed by atoms with Crippen molar-refractivity contribution in [1.82, 2.24) is 0 Å². The minimum atomic E-state index is -0.347. The van der Waals surface area contributed by atoms with Gasteiger partial charge in [-0.25, -0.2) is 0 Å². The second kappa shape index (κ2) is 15.9. The number of rotatable bonds is 6. The van der Waals surface area contributed by atoms with Crippen LogP contribution in [0.1, 0.15) is 49.9 Å². The van der Waals surface area contributed by atoms with Crippen molar-refractivity contribution >= 4 is 101 Å². The SMILES string of the molecule is CC1(C)c2cc(N(c3ccccc3)c3cccc4c3oc3ccccc34)ccc2-c2cc3c(cc21)B1c2cc4c(cc2Oc2cccc(c21)O3)-c1ccc(N(c2ccccc2)c2cccc3c2oc2ccccc23)cc1C4(C)C. The number of fused-ring (bicyclic) bond motifs is 16. The molecule has 0 fully saturated rings. The smallest absolute Gasteiger partial charge is 0.260 e. The van der Waals surface area contributed by atoms with Crippen molar-refractivity contribution in [3.8, 4) is 45.3 Å². The second-order valence-corrected chi connectivity index (χ2v) is 22.7. The number of furan rings is 2. The van der Waals surface area contributed by atoms with Gasteiger partial charge in [0.15, 0.2) is 11.2 Å². The molecule has 13 aromatic rings. The van der Waals surface area contributed by atoms with Gasteiger partial charge in [-0.1, -0.05) is 155 Å². The minimum Gasteiger partial charge on any atom is -0.458 e. The maximum absolute atomic E-state index is 7.02. The van der Waals surface area contributed by atoms with Crippen molar-refractivity contribution in [2.75, 3.05) is 9.80 Å². The van der Waals surface area contributed by atoms with Crippen LogP contribution in [0.3, 0.4) is 0 Å². The highest BCUT2D eigenvalue weighted by molar-refractivity contribution is 6.98. The minimum absolute atomic E-state index is 0.116. The van der Waals surface area contributed by atoms with Gasteiger partial charge < -0.3 is 28.1 Å². The first-order valence-electron chi connectivity index (χ1n) is 27.3. The molecule has 0 radical (unpaired) electrons. The Morgan fingerprint density at radius 3 is 1.20 bits per heavy atom. The summed E-state index contributed by atoms with van der Waals surface area (Å²) in [6.07, 6.45) is 0. The van der Waals surface area contributed by atoms with E-state index in [4.69, 9.17) is 18.3 Å². The molecule has 374 valence electrons. The first-order valence-corrected chi connectivity index (χ1v) is 27.3. The van der Waals surface area contributed by atoms with Crippen molar-refractivity contribution in [2.24, 2.45) is 0 Å². The molecule has 79 heavy (non-hydrogen) atoms. The third-order valence-corrected chi connectivity index (χ3v) is 17.8. The maximum atomic E-state index is 7.02. The molecule has 11 aromatic carbocycles. The van der Waals surface area contributed by atoms with Gasteiger partial charge in [0.1, 0.15) is 34.2 Å². The van der Waals surface area contributed by atoms with E-state index in [1.54, 1.807) is 0 Å². The molecule has 0 spiro atoms. The molecular formula is C72H49BN2O4. The largest absolute Gasteiger partial charge is 0.458 e. The van der Waals surface area contributed by atoms with Gasteiger partial charge in [-0.2, -0.15) is 0 Å². The van der Waals surface area contributed by atoms with Crippen molar-refractivity contribution < 1.29 is 18.3 Å². The average Bonchev–Trinajstić information content (AvgIpc) is 4.37. The Morgan fingerprint density at radius 1 is 0.329 bits per heavy atom. The lowest BCUT2D eigenvalue weighted by Crippen LogP contribution is -2.57. The lowest BCUT2D eigenvalue weighted by molar-refractivity contribution is 0.464. The maximum Gasteiger partial charge on any atom is 0.260 e. The quantitative estimate of drug-likeness (QED) is 0.155. The van der Waals surface area contributed by atoms with Crippen LogP contribution in [0.25, 0.3) is 66.1 Å². The Kier molecular flexibility index (Phi) is 8.96. The number of ether oxygens (including phenoxy) is 2. The molecule has 7 heteroatoms. The normalized spacial score (nSPS) is 14.5. The van der Waals surface area contributed by atoms with Crippen molar-refractivity contribution in [3.05, 3.63) is 247 Å². The van der Waals surface area contributed by atoms with Gasteiger partial charge in [0.2, 0.25) is 0 Å². The van der Waals surface area contributed by atoms with E-state index in [1.807, 2.05) is 12.1 Å². The summed E-state index contributed by atoms with van der Waals surface area (Å²) in [5, 5.41) is 4.41. The summed E-state index contributed by atoms with van der Waals surface area (Å²) in [5.74, 6) is 3.42. The van der Waals surface area contributed by atoms with Gasteiger partial charge in [0.25, 0.3) is 6.71 Å². The van der Waals surface area contributed by atoms with E-state index in [1.165, 1.54) is 44.5 Å². The fourth-order valence-electron chi connectivity index (χ4n) is 14.0. The Labute approximate surface area is 457 Å². The Morgan fingerprint density at radius 2 is 0.734 bits per heavy atom. The van der Waals surface area contributed by atoms with Crippen LogP contribution in [-0.4, -0.2) is 6.71 Å². The highest BCUT2D eigenvalue weighted by Crippen LogP contribution is 2.55. The first-order chi connectivity index (χ1) is 38.7. The molecule has 2 aliphatic carbocycles. The van der Waals surface area contributed by atoms with Gasteiger partial charge in [-0.3, -0.25) is 0 Å². The average molecular weight is 1020 g/mol. The fourth-order valence-corrected chi connectivity index (χ4v) is 14.0. The highest BCUT2D eigenvalue weighted by Gasteiger charge is 2.46. The summed E-state index contributed by atoms with van der Waals surface area (Å²) in [6.45, 7) is 9.38. The van der Waals surface area contributed by atoms with Crippen LogP contribution in [0.5, 0.6) is 23.0 Å². The third-order valence-electron chi connectivity index (χ3n) is 17.8. The molecule has 6 nitrogen and oxygen atoms in total. The summed E-state index contributed by atoms with van der Waals surface area (Å²) in [6, 6.07) is 80.5. The number of benzene rings is 11. The zero-order chi connectivity index (χ0) is 52.5. The summed E-state index contributed by atoms with van der Waals surface area (Å²) in [5.41, 5.74) is 22.3. The van der Waals surface area contributed by atoms with Crippen molar-refractivity contribution in [2.45, 2.75) is 38.5 Å². The summed E-state index contributed by atoms with van der Waals surface area (Å²) in [7, 11) is 0. The molecule has 4 heterocycles. The number of hydrogen-bond donors (Lipinski definition) is 0. The zero-order valence-electron chi connectivity index (χ0n) is 44.0. The predicted molar refractivity (Wildman–Crippen MR) is 323 cm³/mol. The lowest BCUT2D eigenvalue weighted by Gasteiger charge is -2.35. The van der Waals surface area contributed by atoms with Crippen molar-refractivity contribution in [1.29, 1.82) is 0 Å². The van der Waals surface area contributed by atoms with Crippen LogP contribution in [0, 0.1) is 0 Å². The van der Waals surface area contributed by atoms with Crippen molar-refractivity contribution in [3.63, 3.8) is 0 Å².